The Bertz CT molecular complexity index is 1420. The Labute approximate surface area is 221 Å². The average Bonchev–Trinajstić information content (AvgIpc) is 3.33. The normalized spacial score (nSPS) is 13.3. The largest absolute Gasteiger partial charge is 0.464 e. The highest BCUT2D eigenvalue weighted by molar-refractivity contribution is 7.92. The Kier molecular flexibility index (Phi) is 8.10. The lowest BCUT2D eigenvalue weighted by atomic mass is 9.92. The van der Waals surface area contributed by atoms with E-state index in [-0.39, 0.29) is 28.9 Å². The van der Waals surface area contributed by atoms with E-state index in [1.807, 2.05) is 30.3 Å². The summed E-state index contributed by atoms with van der Waals surface area (Å²) in [5.74, 6) is -0.794. The summed E-state index contributed by atoms with van der Waals surface area (Å²) in [5, 5.41) is 11.1. The van der Waals surface area contributed by atoms with E-state index >= 15 is 0 Å². The minimum absolute atomic E-state index is 0.0269. The SMILES string of the molecule is COC(=O)c1cc(-c2nnc([C@](C)(Cc3ccccc3)NC(=O)OC(C)(C)C)o2)cc(N(C)S(C)(=O)=O)n1. The number of hydrogen-bond donors (Lipinski definition) is 1. The van der Waals surface area contributed by atoms with Gasteiger partial charge in [-0.2, -0.15) is 0 Å². The van der Waals surface area contributed by atoms with Gasteiger partial charge >= 0.3 is 12.1 Å². The number of sulfonamides is 1. The number of benzene rings is 1. The van der Waals surface area contributed by atoms with Crippen LogP contribution < -0.4 is 9.62 Å². The van der Waals surface area contributed by atoms with Crippen LogP contribution in [0.2, 0.25) is 0 Å². The van der Waals surface area contributed by atoms with Gasteiger partial charge in [0.25, 0.3) is 0 Å². The maximum Gasteiger partial charge on any atom is 0.408 e. The molecule has 2 heterocycles. The van der Waals surface area contributed by atoms with E-state index in [9.17, 15) is 18.0 Å². The Morgan fingerprint density at radius 3 is 2.32 bits per heavy atom. The van der Waals surface area contributed by atoms with Crippen LogP contribution in [0.4, 0.5) is 10.6 Å². The molecule has 2 aromatic heterocycles. The predicted molar refractivity (Wildman–Crippen MR) is 139 cm³/mol. The number of alkyl carbamates (subject to hydrolysis) is 1. The molecule has 0 radical (unpaired) electrons. The number of hydrogen-bond acceptors (Lipinski definition) is 10. The molecule has 0 bridgehead atoms. The van der Waals surface area contributed by atoms with Crippen molar-refractivity contribution in [2.24, 2.45) is 0 Å². The number of rotatable bonds is 8. The number of amides is 1. The van der Waals surface area contributed by atoms with E-state index in [1.165, 1.54) is 26.3 Å². The third-order valence-corrected chi connectivity index (χ3v) is 6.53. The summed E-state index contributed by atoms with van der Waals surface area (Å²) >= 11 is 0. The Balaban J connectivity index is 2.07. The minimum atomic E-state index is -3.69. The maximum atomic E-state index is 12.7. The zero-order valence-corrected chi connectivity index (χ0v) is 23.1. The van der Waals surface area contributed by atoms with Gasteiger partial charge in [0, 0.05) is 19.0 Å². The predicted octanol–water partition coefficient (Wildman–Crippen LogP) is 3.30. The second-order valence-corrected chi connectivity index (χ2v) is 11.9. The monoisotopic (exact) mass is 545 g/mol. The summed E-state index contributed by atoms with van der Waals surface area (Å²) in [6, 6.07) is 12.1. The van der Waals surface area contributed by atoms with Gasteiger partial charge in [-0.25, -0.2) is 23.0 Å². The number of carbonyl (C=O) groups excluding carboxylic acids is 2. The third-order valence-electron chi connectivity index (χ3n) is 5.35. The van der Waals surface area contributed by atoms with E-state index < -0.39 is 33.2 Å². The summed E-state index contributed by atoms with van der Waals surface area (Å²) in [6.45, 7) is 6.97. The van der Waals surface area contributed by atoms with Crippen molar-refractivity contribution in [2.75, 3.05) is 24.7 Å². The summed E-state index contributed by atoms with van der Waals surface area (Å²) in [6.07, 6.45) is 0.617. The number of pyridine rings is 1. The molecule has 1 atom stereocenters. The number of anilines is 1. The molecule has 0 aliphatic carbocycles. The Morgan fingerprint density at radius 1 is 1.08 bits per heavy atom. The van der Waals surface area contributed by atoms with Gasteiger partial charge in [-0.1, -0.05) is 30.3 Å². The summed E-state index contributed by atoms with van der Waals surface area (Å²) < 4.78 is 41.3. The molecule has 0 saturated heterocycles. The van der Waals surface area contributed by atoms with E-state index in [2.05, 4.69) is 20.5 Å². The lowest BCUT2D eigenvalue weighted by molar-refractivity contribution is 0.0443. The number of nitrogens with zero attached hydrogens (tertiary/aromatic N) is 4. The van der Waals surface area contributed by atoms with E-state index in [0.717, 1.165) is 16.1 Å². The number of nitrogens with one attached hydrogen (secondary N) is 1. The molecule has 38 heavy (non-hydrogen) atoms. The van der Waals surface area contributed by atoms with E-state index in [4.69, 9.17) is 13.9 Å². The second kappa shape index (κ2) is 10.8. The van der Waals surface area contributed by atoms with Crippen molar-refractivity contribution in [3.8, 4) is 11.5 Å². The van der Waals surface area contributed by atoms with Crippen LogP contribution in [0.25, 0.3) is 11.5 Å². The van der Waals surface area contributed by atoms with Gasteiger partial charge in [0.15, 0.2) is 5.69 Å². The van der Waals surface area contributed by atoms with Crippen molar-refractivity contribution in [1.29, 1.82) is 0 Å². The molecule has 0 aliphatic rings. The molecule has 12 nitrogen and oxygen atoms in total. The fourth-order valence-electron chi connectivity index (χ4n) is 3.45. The van der Waals surface area contributed by atoms with Crippen LogP contribution in [0.3, 0.4) is 0 Å². The first-order chi connectivity index (χ1) is 17.6. The smallest absolute Gasteiger partial charge is 0.408 e. The zero-order valence-electron chi connectivity index (χ0n) is 22.3. The van der Waals surface area contributed by atoms with Gasteiger partial charge in [-0.15, -0.1) is 10.2 Å². The van der Waals surface area contributed by atoms with Crippen LogP contribution in [-0.4, -0.2) is 61.7 Å². The second-order valence-electron chi connectivity index (χ2n) is 9.86. The molecule has 204 valence electrons. The van der Waals surface area contributed by atoms with Crippen LogP contribution in [0.5, 0.6) is 0 Å². The molecule has 13 heteroatoms. The third kappa shape index (κ3) is 7.06. The van der Waals surface area contributed by atoms with Crippen LogP contribution in [0.15, 0.2) is 46.9 Å². The molecule has 0 fully saturated rings. The Morgan fingerprint density at radius 2 is 1.74 bits per heavy atom. The molecule has 1 N–H and O–H groups in total. The highest BCUT2D eigenvalue weighted by Gasteiger charge is 2.37. The number of carbonyl (C=O) groups is 2. The fraction of sp³-hybridized carbons (Fsp3) is 0.400. The van der Waals surface area contributed by atoms with Crippen LogP contribution in [0, 0.1) is 0 Å². The van der Waals surface area contributed by atoms with Crippen LogP contribution >= 0.6 is 0 Å². The Hall–Kier alpha value is -4.00. The number of ether oxygens (including phenoxy) is 2. The van der Waals surface area contributed by atoms with Gasteiger partial charge in [0.2, 0.25) is 21.8 Å². The lowest BCUT2D eigenvalue weighted by Crippen LogP contribution is -2.47. The molecule has 0 aliphatic heterocycles. The van der Waals surface area contributed by atoms with Crippen LogP contribution in [-0.2, 0) is 31.5 Å². The van der Waals surface area contributed by atoms with E-state index in [0.29, 0.717) is 6.42 Å². The first kappa shape index (κ1) is 28.6. The van der Waals surface area contributed by atoms with Gasteiger partial charge in [0.05, 0.1) is 13.4 Å². The topological polar surface area (TPSA) is 154 Å². The summed E-state index contributed by atoms with van der Waals surface area (Å²) in [7, 11) is -1.22. The summed E-state index contributed by atoms with van der Waals surface area (Å²) in [4.78, 5) is 29.1. The van der Waals surface area contributed by atoms with Crippen molar-refractivity contribution >= 4 is 27.9 Å². The molecule has 1 aromatic carbocycles. The molecule has 0 saturated carbocycles. The molecule has 3 aromatic rings. The van der Waals surface area contributed by atoms with Crippen molar-refractivity contribution in [3.05, 3.63) is 59.6 Å². The number of esters is 1. The molecular weight excluding hydrogens is 514 g/mol. The standard InChI is InChI=1S/C25H31N5O7S/c1-24(2,3)37-23(32)27-25(4,15-16-11-9-8-10-12-16)22-29-28-20(36-22)17-13-18(21(31)35-6)26-19(14-17)30(5)38(7,33)34/h8-14H,15H2,1-7H3,(H,27,32)/t25-/m0/s1. The van der Waals surface area contributed by atoms with Gasteiger partial charge in [0.1, 0.15) is 17.0 Å². The number of aromatic nitrogens is 3. The van der Waals surface area contributed by atoms with Crippen LogP contribution in [0.1, 0.15) is 49.6 Å². The van der Waals surface area contributed by atoms with Crippen molar-refractivity contribution < 1.29 is 31.9 Å². The molecule has 3 rings (SSSR count). The minimum Gasteiger partial charge on any atom is -0.464 e. The molecule has 0 unspecified atom stereocenters. The van der Waals surface area contributed by atoms with Gasteiger partial charge in [-0.05, 0) is 45.4 Å². The fourth-order valence-corrected chi connectivity index (χ4v) is 3.88. The van der Waals surface area contributed by atoms with Crippen molar-refractivity contribution in [1.82, 2.24) is 20.5 Å². The first-order valence-electron chi connectivity index (χ1n) is 11.5. The average molecular weight is 546 g/mol. The number of methoxy groups -OCH3 is 1. The summed E-state index contributed by atoms with van der Waals surface area (Å²) in [5.41, 5.74) is -0.960. The molecule has 0 spiro atoms. The van der Waals surface area contributed by atoms with E-state index in [1.54, 1.807) is 27.7 Å². The highest BCUT2D eigenvalue weighted by Crippen LogP contribution is 2.30. The van der Waals surface area contributed by atoms with Gasteiger partial charge < -0.3 is 19.2 Å². The van der Waals surface area contributed by atoms with Gasteiger partial charge in [-0.3, -0.25) is 4.31 Å². The maximum absolute atomic E-state index is 12.7. The lowest BCUT2D eigenvalue weighted by Gasteiger charge is -2.29. The van der Waals surface area contributed by atoms with Crippen molar-refractivity contribution in [3.63, 3.8) is 0 Å². The quantitative estimate of drug-likeness (QED) is 0.417. The molecule has 1 amide bonds. The first-order valence-corrected chi connectivity index (χ1v) is 13.4. The highest BCUT2D eigenvalue weighted by atomic mass is 32.2. The zero-order chi connectivity index (χ0) is 28.3. The molecular formula is C25H31N5O7S. The van der Waals surface area contributed by atoms with Crippen molar-refractivity contribution in [2.45, 2.75) is 45.3 Å².